The molecule has 9 N–H and O–H groups in total. The second-order valence-corrected chi connectivity index (χ2v) is 11.0. The summed E-state index contributed by atoms with van der Waals surface area (Å²) in [4.78, 5) is 63.3. The van der Waals surface area contributed by atoms with Crippen molar-refractivity contribution >= 4 is 29.5 Å². The Bertz CT molecular complexity index is 1240. The molecule has 4 atom stereocenters. The SMILES string of the molecule is CC(C)C[C@](C)(NC(=O)[C@H](Cc1ccccc1)NC(=O)CNC(=O)[C@@H](C)NC(=O)[C@@H](N)Cc1ccc(O)cc1)C(N)=O. The lowest BCUT2D eigenvalue weighted by molar-refractivity contribution is -0.134. The van der Waals surface area contributed by atoms with E-state index >= 15 is 0 Å². The molecular weight excluding hydrogens is 540 g/mol. The molecule has 0 aromatic heterocycles. The van der Waals surface area contributed by atoms with Crippen molar-refractivity contribution in [3.05, 3.63) is 65.7 Å². The highest BCUT2D eigenvalue weighted by Gasteiger charge is 2.36. The molecule has 12 nitrogen and oxygen atoms in total. The fourth-order valence-corrected chi connectivity index (χ4v) is 4.38. The third-order valence-electron chi connectivity index (χ3n) is 6.60. The summed E-state index contributed by atoms with van der Waals surface area (Å²) in [6.45, 7) is 6.32. The number of nitrogens with one attached hydrogen (secondary N) is 4. The maximum absolute atomic E-state index is 13.3. The molecule has 0 saturated heterocycles. The number of benzene rings is 2. The van der Waals surface area contributed by atoms with E-state index in [-0.39, 0.29) is 24.5 Å². The Hall–Kier alpha value is -4.45. The molecule has 0 unspecified atom stereocenters. The molecule has 0 spiro atoms. The van der Waals surface area contributed by atoms with E-state index in [4.69, 9.17) is 11.5 Å². The number of carbonyl (C=O) groups is 5. The number of hydrogen-bond acceptors (Lipinski definition) is 7. The van der Waals surface area contributed by atoms with E-state index in [1.54, 1.807) is 43.3 Å². The minimum absolute atomic E-state index is 0.0602. The minimum Gasteiger partial charge on any atom is -0.508 e. The van der Waals surface area contributed by atoms with Gasteiger partial charge in [-0.1, -0.05) is 56.3 Å². The molecule has 12 heteroatoms. The van der Waals surface area contributed by atoms with Gasteiger partial charge in [0.2, 0.25) is 29.5 Å². The van der Waals surface area contributed by atoms with Crippen LogP contribution >= 0.6 is 0 Å². The number of amides is 5. The Morgan fingerprint density at radius 2 is 1.43 bits per heavy atom. The van der Waals surface area contributed by atoms with Gasteiger partial charge in [-0.05, 0) is 55.9 Å². The Morgan fingerprint density at radius 1 is 0.833 bits per heavy atom. The van der Waals surface area contributed by atoms with E-state index in [0.29, 0.717) is 6.42 Å². The molecule has 2 aromatic carbocycles. The first-order valence-corrected chi connectivity index (χ1v) is 13.8. The van der Waals surface area contributed by atoms with Crippen LogP contribution in [-0.2, 0) is 36.8 Å². The first-order valence-electron chi connectivity index (χ1n) is 13.8. The van der Waals surface area contributed by atoms with Crippen molar-refractivity contribution in [3.63, 3.8) is 0 Å². The summed E-state index contributed by atoms with van der Waals surface area (Å²) in [7, 11) is 0. The maximum atomic E-state index is 13.3. The average Bonchev–Trinajstić information content (AvgIpc) is 2.92. The summed E-state index contributed by atoms with van der Waals surface area (Å²) in [5.41, 5.74) is 11.7. The number of hydrogen-bond donors (Lipinski definition) is 7. The molecule has 0 fully saturated rings. The first kappa shape index (κ1) is 33.8. The van der Waals surface area contributed by atoms with Crippen molar-refractivity contribution < 1.29 is 29.1 Å². The normalized spacial score (nSPS) is 14.5. The second kappa shape index (κ2) is 15.5. The van der Waals surface area contributed by atoms with Crippen molar-refractivity contribution in [1.82, 2.24) is 21.3 Å². The standard InChI is InChI=1S/C30H42N6O6/c1-18(2)16-30(4,29(32)42)36-28(41)24(15-20-8-6-5-7-9-20)35-25(38)17-33-26(39)19(3)34-27(40)23(31)14-21-10-12-22(37)13-11-21/h5-13,18-19,23-24,37H,14-17,31H2,1-4H3,(H2,32,42)(H,33,39)(H,34,40)(H,35,38)(H,36,41)/t19-,23+,24+,30+/m1/s1. The van der Waals surface area contributed by atoms with Gasteiger partial charge in [0.25, 0.3) is 0 Å². The molecule has 5 amide bonds. The lowest BCUT2D eigenvalue weighted by Gasteiger charge is -2.31. The molecule has 0 bridgehead atoms. The molecule has 42 heavy (non-hydrogen) atoms. The fraction of sp³-hybridized carbons (Fsp3) is 0.433. The van der Waals surface area contributed by atoms with E-state index in [2.05, 4.69) is 21.3 Å². The third kappa shape index (κ3) is 10.8. The predicted molar refractivity (Wildman–Crippen MR) is 158 cm³/mol. The monoisotopic (exact) mass is 582 g/mol. The number of phenolic OH excluding ortho intramolecular Hbond substituents is 1. The number of aromatic hydroxyl groups is 1. The zero-order chi connectivity index (χ0) is 31.4. The number of nitrogens with two attached hydrogens (primary N) is 2. The van der Waals surface area contributed by atoms with Crippen LogP contribution in [0.5, 0.6) is 5.75 Å². The van der Waals surface area contributed by atoms with Crippen LogP contribution in [0.1, 0.15) is 45.2 Å². The van der Waals surface area contributed by atoms with Crippen LogP contribution in [0.15, 0.2) is 54.6 Å². The Kier molecular flexibility index (Phi) is 12.5. The Morgan fingerprint density at radius 3 is 2.00 bits per heavy atom. The van der Waals surface area contributed by atoms with Gasteiger partial charge in [0, 0.05) is 6.42 Å². The quantitative estimate of drug-likeness (QED) is 0.153. The van der Waals surface area contributed by atoms with Crippen LogP contribution in [0.25, 0.3) is 0 Å². The minimum atomic E-state index is -1.32. The van der Waals surface area contributed by atoms with Crippen LogP contribution < -0.4 is 32.7 Å². The number of carbonyl (C=O) groups excluding carboxylic acids is 5. The molecule has 0 saturated carbocycles. The van der Waals surface area contributed by atoms with Crippen LogP contribution in [-0.4, -0.2) is 64.9 Å². The summed E-state index contributed by atoms with van der Waals surface area (Å²) in [5, 5.41) is 19.7. The Labute approximate surface area is 246 Å². The smallest absolute Gasteiger partial charge is 0.243 e. The summed E-state index contributed by atoms with van der Waals surface area (Å²) in [6.07, 6.45) is 0.631. The van der Waals surface area contributed by atoms with Crippen molar-refractivity contribution in [3.8, 4) is 5.75 Å². The van der Waals surface area contributed by atoms with Gasteiger partial charge < -0.3 is 37.8 Å². The third-order valence-corrected chi connectivity index (χ3v) is 6.60. The van der Waals surface area contributed by atoms with Crippen molar-refractivity contribution in [2.45, 2.75) is 70.6 Å². The lowest BCUT2D eigenvalue weighted by Crippen LogP contribution is -2.61. The second-order valence-electron chi connectivity index (χ2n) is 11.0. The summed E-state index contributed by atoms with van der Waals surface area (Å²) < 4.78 is 0. The van der Waals surface area contributed by atoms with E-state index in [9.17, 15) is 29.1 Å². The average molecular weight is 583 g/mol. The maximum Gasteiger partial charge on any atom is 0.243 e. The van der Waals surface area contributed by atoms with Gasteiger partial charge in [-0.25, -0.2) is 0 Å². The molecule has 228 valence electrons. The van der Waals surface area contributed by atoms with Gasteiger partial charge in [-0.2, -0.15) is 0 Å². The van der Waals surface area contributed by atoms with Crippen LogP contribution in [0.2, 0.25) is 0 Å². The van der Waals surface area contributed by atoms with Crippen molar-refractivity contribution in [2.75, 3.05) is 6.54 Å². The molecule has 0 radical (unpaired) electrons. The molecule has 2 aromatic rings. The molecule has 0 aliphatic heterocycles. The summed E-state index contributed by atoms with van der Waals surface area (Å²) in [6, 6.07) is 12.3. The fourth-order valence-electron chi connectivity index (χ4n) is 4.38. The van der Waals surface area contributed by atoms with Crippen molar-refractivity contribution in [2.24, 2.45) is 17.4 Å². The number of primary amides is 1. The van der Waals surface area contributed by atoms with Crippen molar-refractivity contribution in [1.29, 1.82) is 0 Å². The van der Waals surface area contributed by atoms with Gasteiger partial charge in [0.05, 0.1) is 12.6 Å². The highest BCUT2D eigenvalue weighted by molar-refractivity contribution is 5.95. The van der Waals surface area contributed by atoms with Gasteiger partial charge >= 0.3 is 0 Å². The molecule has 0 aliphatic rings. The zero-order valence-corrected chi connectivity index (χ0v) is 24.5. The topological polar surface area (TPSA) is 206 Å². The van der Waals surface area contributed by atoms with E-state index < -0.39 is 59.7 Å². The molecule has 2 rings (SSSR count). The van der Waals surface area contributed by atoms with E-state index in [0.717, 1.165) is 11.1 Å². The van der Waals surface area contributed by atoms with Gasteiger partial charge in [-0.15, -0.1) is 0 Å². The van der Waals surface area contributed by atoms with Gasteiger partial charge in [0.1, 0.15) is 23.4 Å². The number of rotatable bonds is 15. The first-order chi connectivity index (χ1) is 19.7. The largest absolute Gasteiger partial charge is 0.508 e. The zero-order valence-electron chi connectivity index (χ0n) is 24.5. The lowest BCUT2D eigenvalue weighted by atomic mass is 9.89. The highest BCUT2D eigenvalue weighted by atomic mass is 16.3. The van der Waals surface area contributed by atoms with E-state index in [1.807, 2.05) is 19.9 Å². The number of phenols is 1. The molecular formula is C30H42N6O6. The van der Waals surface area contributed by atoms with Crippen LogP contribution in [0.4, 0.5) is 0 Å². The van der Waals surface area contributed by atoms with Gasteiger partial charge in [-0.3, -0.25) is 24.0 Å². The molecule has 0 heterocycles. The highest BCUT2D eigenvalue weighted by Crippen LogP contribution is 2.17. The summed E-state index contributed by atoms with van der Waals surface area (Å²) >= 11 is 0. The van der Waals surface area contributed by atoms with Gasteiger partial charge in [0.15, 0.2) is 0 Å². The van der Waals surface area contributed by atoms with Crippen LogP contribution in [0.3, 0.4) is 0 Å². The van der Waals surface area contributed by atoms with E-state index in [1.165, 1.54) is 19.1 Å². The molecule has 0 aliphatic carbocycles. The Balaban J connectivity index is 1.98. The van der Waals surface area contributed by atoms with Crippen LogP contribution in [0, 0.1) is 5.92 Å². The summed E-state index contributed by atoms with van der Waals surface area (Å²) in [5.74, 6) is -2.97. The predicted octanol–water partition coefficient (Wildman–Crippen LogP) is 0.0167.